The number of carboxylic acid groups (broad SMARTS) is 1. The molecular formula is C24H28ClN3O5. The van der Waals surface area contributed by atoms with Gasteiger partial charge in [-0.3, -0.25) is 9.59 Å². The normalized spacial score (nSPS) is 29.7. The lowest BCUT2D eigenvalue weighted by atomic mass is 9.46. The van der Waals surface area contributed by atoms with Crippen LogP contribution in [0.3, 0.4) is 0 Å². The summed E-state index contributed by atoms with van der Waals surface area (Å²) >= 11 is 6.57. The molecule has 0 amide bonds. The topological polar surface area (TPSA) is 103 Å². The van der Waals surface area contributed by atoms with E-state index in [1.54, 1.807) is 43.3 Å². The molecule has 2 aromatic rings. The Hall–Kier alpha value is -2.74. The van der Waals surface area contributed by atoms with Crippen LogP contribution in [0.2, 0.25) is 5.02 Å². The van der Waals surface area contributed by atoms with E-state index >= 15 is 0 Å². The minimum atomic E-state index is -0.765. The van der Waals surface area contributed by atoms with E-state index in [0.717, 1.165) is 32.1 Å². The van der Waals surface area contributed by atoms with Crippen molar-refractivity contribution in [2.24, 2.45) is 17.3 Å². The van der Waals surface area contributed by atoms with Crippen molar-refractivity contribution in [3.05, 3.63) is 39.8 Å². The van der Waals surface area contributed by atoms with Gasteiger partial charge >= 0.3 is 5.97 Å². The van der Waals surface area contributed by atoms with Crippen LogP contribution < -0.4 is 20.3 Å². The third-order valence-electron chi connectivity index (χ3n) is 7.72. The van der Waals surface area contributed by atoms with Crippen LogP contribution in [0, 0.1) is 17.3 Å². The number of carboxylic acids is 1. The molecule has 0 spiro atoms. The van der Waals surface area contributed by atoms with Crippen molar-refractivity contribution in [3.8, 4) is 11.5 Å². The molecule has 1 aromatic heterocycles. The van der Waals surface area contributed by atoms with E-state index in [2.05, 4.69) is 10.4 Å². The van der Waals surface area contributed by atoms with Crippen LogP contribution in [0.4, 0.5) is 11.4 Å². The number of hydrogen-bond donors (Lipinski definition) is 2. The maximum absolute atomic E-state index is 13.4. The summed E-state index contributed by atoms with van der Waals surface area (Å²) in [5.74, 6) is 1.29. The Balaban J connectivity index is 1.49. The van der Waals surface area contributed by atoms with Crippen LogP contribution in [0.25, 0.3) is 0 Å². The van der Waals surface area contributed by atoms with Crippen molar-refractivity contribution in [3.63, 3.8) is 0 Å². The fourth-order valence-electron chi connectivity index (χ4n) is 7.08. The van der Waals surface area contributed by atoms with E-state index in [1.807, 2.05) is 0 Å². The molecule has 176 valence electrons. The number of anilines is 2. The molecule has 2 unspecified atom stereocenters. The monoisotopic (exact) mass is 473 g/mol. The summed E-state index contributed by atoms with van der Waals surface area (Å²) in [7, 11) is 3.13. The van der Waals surface area contributed by atoms with E-state index in [4.69, 9.17) is 21.1 Å². The fourth-order valence-corrected chi connectivity index (χ4v) is 7.26. The van der Waals surface area contributed by atoms with Crippen LogP contribution in [-0.4, -0.2) is 35.1 Å². The first kappa shape index (κ1) is 22.1. The van der Waals surface area contributed by atoms with Gasteiger partial charge in [0, 0.05) is 6.07 Å². The lowest BCUT2D eigenvalue weighted by Gasteiger charge is -2.61. The van der Waals surface area contributed by atoms with Crippen LogP contribution >= 0.6 is 11.6 Å². The minimum Gasteiger partial charge on any atom is -0.497 e. The maximum Gasteiger partial charge on any atom is 0.303 e. The van der Waals surface area contributed by atoms with Gasteiger partial charge in [0.25, 0.3) is 5.56 Å². The molecular weight excluding hydrogens is 446 g/mol. The first-order chi connectivity index (χ1) is 15.8. The second kappa shape index (κ2) is 7.94. The van der Waals surface area contributed by atoms with E-state index in [9.17, 15) is 14.7 Å². The molecule has 4 fully saturated rings. The van der Waals surface area contributed by atoms with Crippen LogP contribution in [0.5, 0.6) is 11.5 Å². The molecule has 4 aliphatic rings. The Morgan fingerprint density at radius 3 is 2.58 bits per heavy atom. The number of aliphatic carboxylic acids is 1. The molecule has 4 saturated carbocycles. The number of nitrogens with zero attached hydrogens (tertiary/aromatic N) is 2. The number of nitrogens with one attached hydrogen (secondary N) is 1. The average molecular weight is 474 g/mol. The highest BCUT2D eigenvalue weighted by atomic mass is 35.5. The summed E-state index contributed by atoms with van der Waals surface area (Å²) in [6.45, 7) is 0. The molecule has 0 aliphatic heterocycles. The van der Waals surface area contributed by atoms with Crippen molar-refractivity contribution in [2.75, 3.05) is 19.5 Å². The highest BCUT2D eigenvalue weighted by Crippen LogP contribution is 2.65. The lowest BCUT2D eigenvalue weighted by molar-refractivity contribution is -0.151. The largest absolute Gasteiger partial charge is 0.497 e. The summed E-state index contributed by atoms with van der Waals surface area (Å²) in [4.78, 5) is 25.1. The highest BCUT2D eigenvalue weighted by Gasteiger charge is 2.59. The number of rotatable bonds is 7. The van der Waals surface area contributed by atoms with Crippen molar-refractivity contribution in [1.82, 2.24) is 9.78 Å². The highest BCUT2D eigenvalue weighted by molar-refractivity contribution is 6.33. The van der Waals surface area contributed by atoms with Crippen molar-refractivity contribution in [2.45, 2.75) is 50.5 Å². The number of halogens is 1. The van der Waals surface area contributed by atoms with Gasteiger partial charge in [-0.05, 0) is 67.9 Å². The zero-order valence-corrected chi connectivity index (χ0v) is 19.5. The second-order valence-electron chi connectivity index (χ2n) is 10.0. The van der Waals surface area contributed by atoms with Crippen LogP contribution in [0.15, 0.2) is 29.2 Å². The number of hydrogen-bond acceptors (Lipinski definition) is 6. The van der Waals surface area contributed by atoms with Gasteiger partial charge in [-0.1, -0.05) is 11.6 Å². The Morgan fingerprint density at radius 1 is 1.21 bits per heavy atom. The average Bonchev–Trinajstić information content (AvgIpc) is 2.75. The molecule has 0 radical (unpaired) electrons. The van der Waals surface area contributed by atoms with Gasteiger partial charge in [0.2, 0.25) is 0 Å². The van der Waals surface area contributed by atoms with E-state index < -0.39 is 11.5 Å². The predicted molar refractivity (Wildman–Crippen MR) is 124 cm³/mol. The molecule has 4 bridgehead atoms. The summed E-state index contributed by atoms with van der Waals surface area (Å²) in [6, 6.07) is 5.31. The number of methoxy groups -OCH3 is 2. The number of ether oxygens (including phenoxy) is 2. The lowest BCUT2D eigenvalue weighted by Crippen LogP contribution is -2.59. The molecule has 6 rings (SSSR count). The summed E-state index contributed by atoms with van der Waals surface area (Å²) in [5, 5.41) is 17.3. The van der Waals surface area contributed by atoms with Gasteiger partial charge in [0.15, 0.2) is 0 Å². The Labute approximate surface area is 196 Å². The van der Waals surface area contributed by atoms with Crippen molar-refractivity contribution >= 4 is 28.9 Å². The molecule has 2 N–H and O–H groups in total. The van der Waals surface area contributed by atoms with Crippen LogP contribution in [-0.2, 0) is 10.3 Å². The summed E-state index contributed by atoms with van der Waals surface area (Å²) < 4.78 is 12.2. The third kappa shape index (κ3) is 3.74. The van der Waals surface area contributed by atoms with E-state index in [1.165, 1.54) is 0 Å². The number of carbonyl (C=O) groups is 1. The number of aromatic nitrogens is 2. The zero-order chi connectivity index (χ0) is 23.4. The third-order valence-corrected chi connectivity index (χ3v) is 8.09. The molecule has 4 atom stereocenters. The van der Waals surface area contributed by atoms with Gasteiger partial charge in [-0.15, -0.1) is 0 Å². The Bertz CT molecular complexity index is 1150. The Morgan fingerprint density at radius 2 is 1.94 bits per heavy atom. The van der Waals surface area contributed by atoms with E-state index in [0.29, 0.717) is 41.1 Å². The second-order valence-corrected chi connectivity index (χ2v) is 10.4. The van der Waals surface area contributed by atoms with Crippen LogP contribution in [0.1, 0.15) is 44.9 Å². The molecule has 33 heavy (non-hydrogen) atoms. The van der Waals surface area contributed by atoms with Gasteiger partial charge in [0.05, 0.1) is 43.8 Å². The summed E-state index contributed by atoms with van der Waals surface area (Å²) in [5.41, 5.74) is -0.0321. The smallest absolute Gasteiger partial charge is 0.303 e. The van der Waals surface area contributed by atoms with Crippen molar-refractivity contribution < 1.29 is 19.4 Å². The standard InChI is InChI=1S/C24H28ClN3O5/c1-32-16-3-4-17(19(6-16)33-2)27-18-12-26-28(22(31)21(18)25)24-9-14-5-15(10-24)8-23(7-14,13-24)11-20(29)30/h3-4,6,12,14-15,27H,5,7-11,13H2,1-2H3,(H,29,30)/t14-,15+,23?,24?. The Kier molecular flexibility index (Phi) is 5.31. The molecule has 4 aliphatic carbocycles. The maximum atomic E-state index is 13.4. The van der Waals surface area contributed by atoms with Gasteiger partial charge < -0.3 is 19.9 Å². The quantitative estimate of drug-likeness (QED) is 0.613. The molecule has 8 nitrogen and oxygen atoms in total. The van der Waals surface area contributed by atoms with Gasteiger partial charge in [-0.2, -0.15) is 5.10 Å². The first-order valence-electron chi connectivity index (χ1n) is 11.3. The fraction of sp³-hybridized carbons (Fsp3) is 0.542. The summed E-state index contributed by atoms with van der Waals surface area (Å²) in [6.07, 6.45) is 7.08. The SMILES string of the molecule is COc1ccc(Nc2cnn(C34C[C@@H]5C[C@@H](CC(CC(=O)O)(C5)C3)C4)c(=O)c2Cl)c(OC)c1. The minimum absolute atomic E-state index is 0.0610. The first-order valence-corrected chi connectivity index (χ1v) is 11.6. The molecule has 1 heterocycles. The molecule has 1 aromatic carbocycles. The molecule has 0 saturated heterocycles. The van der Waals surface area contributed by atoms with Crippen molar-refractivity contribution in [1.29, 1.82) is 0 Å². The van der Waals surface area contributed by atoms with Gasteiger partial charge in [0.1, 0.15) is 16.5 Å². The predicted octanol–water partition coefficient (Wildman–Crippen LogP) is 4.43. The number of benzene rings is 1. The van der Waals surface area contributed by atoms with E-state index in [-0.39, 0.29) is 22.4 Å². The zero-order valence-electron chi connectivity index (χ0n) is 18.8. The van der Waals surface area contributed by atoms with Gasteiger partial charge in [-0.25, -0.2) is 4.68 Å². The molecule has 9 heteroatoms.